The number of thiazole rings is 1. The molecule has 0 radical (unpaired) electrons. The average molecular weight is 434 g/mol. The van der Waals surface area contributed by atoms with E-state index in [9.17, 15) is 0 Å². The van der Waals surface area contributed by atoms with E-state index in [1.54, 1.807) is 17.5 Å². The second-order valence-electron chi connectivity index (χ2n) is 8.32. The molecule has 1 saturated heterocycles. The molecule has 7 nitrogen and oxygen atoms in total. The van der Waals surface area contributed by atoms with Crippen LogP contribution in [0.3, 0.4) is 0 Å². The van der Waals surface area contributed by atoms with Crippen molar-refractivity contribution in [2.24, 2.45) is 0 Å². The Kier molecular flexibility index (Phi) is 5.41. The Labute approximate surface area is 186 Å². The van der Waals surface area contributed by atoms with Gasteiger partial charge in [-0.05, 0) is 52.3 Å². The summed E-state index contributed by atoms with van der Waals surface area (Å²) in [7, 11) is 0. The molecule has 0 spiro atoms. The summed E-state index contributed by atoms with van der Waals surface area (Å²) >= 11 is 1.57. The van der Waals surface area contributed by atoms with Gasteiger partial charge in [-0.15, -0.1) is 11.3 Å². The second-order valence-corrected chi connectivity index (χ2v) is 9.22. The first-order valence-electron chi connectivity index (χ1n) is 10.8. The number of anilines is 2. The third kappa shape index (κ3) is 4.05. The lowest BCUT2D eigenvalue weighted by molar-refractivity contribution is 0.229. The number of para-hydroxylation sites is 2. The fourth-order valence-corrected chi connectivity index (χ4v) is 5.01. The molecule has 0 aliphatic carbocycles. The summed E-state index contributed by atoms with van der Waals surface area (Å²) in [5.41, 5.74) is 3.22. The molecule has 1 aliphatic rings. The van der Waals surface area contributed by atoms with E-state index in [2.05, 4.69) is 57.9 Å². The molecule has 0 bridgehead atoms. The van der Waals surface area contributed by atoms with Gasteiger partial charge in [0.05, 0.1) is 23.6 Å². The lowest BCUT2D eigenvalue weighted by Gasteiger charge is -2.24. The van der Waals surface area contributed by atoms with Crippen LogP contribution in [0, 0.1) is 6.92 Å². The number of fused-ring (bicyclic) bond motifs is 1. The van der Waals surface area contributed by atoms with Gasteiger partial charge in [0.1, 0.15) is 17.5 Å². The van der Waals surface area contributed by atoms with Gasteiger partial charge in [-0.2, -0.15) is 0 Å². The van der Waals surface area contributed by atoms with Crippen LogP contribution in [0.5, 0.6) is 0 Å². The molecule has 1 fully saturated rings. The maximum atomic E-state index is 4.97. The molecular weight excluding hydrogens is 406 g/mol. The van der Waals surface area contributed by atoms with Crippen LogP contribution in [-0.4, -0.2) is 35.9 Å². The van der Waals surface area contributed by atoms with Crippen molar-refractivity contribution in [1.82, 2.24) is 29.4 Å². The quantitative estimate of drug-likeness (QED) is 0.448. The Morgan fingerprint density at radius 3 is 2.87 bits per heavy atom. The first-order chi connectivity index (χ1) is 15.1. The van der Waals surface area contributed by atoms with Crippen LogP contribution >= 0.6 is 11.3 Å². The third-order valence-corrected chi connectivity index (χ3v) is 6.42. The highest BCUT2D eigenvalue weighted by atomic mass is 32.1. The molecule has 1 unspecified atom stereocenters. The van der Waals surface area contributed by atoms with Crippen molar-refractivity contribution in [3.63, 3.8) is 0 Å². The van der Waals surface area contributed by atoms with Gasteiger partial charge in [0.25, 0.3) is 0 Å². The van der Waals surface area contributed by atoms with Crippen LogP contribution in [0.4, 0.5) is 10.9 Å². The Hall–Kier alpha value is -2.84. The lowest BCUT2D eigenvalue weighted by Crippen LogP contribution is -2.26. The van der Waals surface area contributed by atoms with Gasteiger partial charge >= 0.3 is 0 Å². The Bertz CT molecular complexity index is 1180. The molecule has 0 saturated carbocycles. The normalized spacial score (nSPS) is 17.1. The minimum atomic E-state index is 0.192. The molecule has 3 aromatic heterocycles. The molecule has 1 aliphatic heterocycles. The van der Waals surface area contributed by atoms with E-state index in [0.717, 1.165) is 59.7 Å². The zero-order chi connectivity index (χ0) is 21.4. The molecule has 5 rings (SSSR count). The number of rotatable bonds is 6. The summed E-state index contributed by atoms with van der Waals surface area (Å²) in [4.78, 5) is 21.4. The molecular formula is C23H27N7S. The monoisotopic (exact) mass is 433 g/mol. The Morgan fingerprint density at radius 1 is 1.19 bits per heavy atom. The van der Waals surface area contributed by atoms with Gasteiger partial charge in [0.2, 0.25) is 0 Å². The van der Waals surface area contributed by atoms with E-state index in [-0.39, 0.29) is 6.04 Å². The number of likely N-dealkylation sites (tertiary alicyclic amines) is 1. The zero-order valence-corrected chi connectivity index (χ0v) is 18.9. The van der Waals surface area contributed by atoms with Crippen LogP contribution in [0.2, 0.25) is 0 Å². The van der Waals surface area contributed by atoms with Crippen molar-refractivity contribution in [1.29, 1.82) is 0 Å². The summed E-state index contributed by atoms with van der Waals surface area (Å²) in [6, 6.07) is 10.9. The highest BCUT2D eigenvalue weighted by molar-refractivity contribution is 7.13. The highest BCUT2D eigenvalue weighted by Crippen LogP contribution is 2.33. The molecule has 160 valence electrons. The summed E-state index contributed by atoms with van der Waals surface area (Å²) in [5, 5.41) is 6.12. The van der Waals surface area contributed by atoms with Crippen LogP contribution in [-0.2, 0) is 6.54 Å². The Morgan fingerprint density at radius 2 is 2.06 bits per heavy atom. The van der Waals surface area contributed by atoms with Gasteiger partial charge in [-0.1, -0.05) is 12.1 Å². The summed E-state index contributed by atoms with van der Waals surface area (Å²) in [5.74, 6) is 2.79. The number of imidazole rings is 1. The van der Waals surface area contributed by atoms with E-state index in [0.29, 0.717) is 6.04 Å². The maximum absolute atomic E-state index is 4.97. The summed E-state index contributed by atoms with van der Waals surface area (Å²) in [6.07, 6.45) is 3.99. The van der Waals surface area contributed by atoms with E-state index in [1.807, 2.05) is 18.4 Å². The minimum absolute atomic E-state index is 0.192. The fraction of sp³-hybridized carbons (Fsp3) is 0.391. The molecule has 4 heterocycles. The van der Waals surface area contributed by atoms with Crippen molar-refractivity contribution >= 4 is 33.3 Å². The molecule has 0 amide bonds. The fourth-order valence-electron chi connectivity index (χ4n) is 4.47. The molecule has 1 N–H and O–H groups in total. The van der Waals surface area contributed by atoms with Crippen LogP contribution < -0.4 is 5.32 Å². The predicted octanol–water partition coefficient (Wildman–Crippen LogP) is 5.25. The first-order valence-corrected chi connectivity index (χ1v) is 11.7. The topological polar surface area (TPSA) is 71.8 Å². The van der Waals surface area contributed by atoms with Crippen molar-refractivity contribution < 1.29 is 0 Å². The van der Waals surface area contributed by atoms with Crippen molar-refractivity contribution in [3.05, 3.63) is 59.3 Å². The van der Waals surface area contributed by atoms with E-state index in [4.69, 9.17) is 15.0 Å². The largest absolute Gasteiger partial charge is 0.324 e. The third-order valence-electron chi connectivity index (χ3n) is 5.73. The second kappa shape index (κ2) is 8.36. The number of hydrogen-bond donors (Lipinski definition) is 1. The standard InChI is InChI=1S/C23H27N7S/c1-15(2)30-18-8-5-4-7-17(18)26-21(30)14-29-11-6-9-19(29)22-25-16(3)13-20(27-22)28-23-24-10-12-31-23/h4-5,7-8,10,12-13,15,19H,6,9,11,14H2,1-3H3,(H,24,25,27,28). The van der Waals surface area contributed by atoms with Gasteiger partial charge in [-0.3, -0.25) is 4.90 Å². The maximum Gasteiger partial charge on any atom is 0.188 e. The molecule has 1 aromatic carbocycles. The highest BCUT2D eigenvalue weighted by Gasteiger charge is 2.30. The van der Waals surface area contributed by atoms with Crippen molar-refractivity contribution in [2.45, 2.75) is 52.2 Å². The zero-order valence-electron chi connectivity index (χ0n) is 18.1. The number of aromatic nitrogens is 5. The number of benzene rings is 1. The van der Waals surface area contributed by atoms with Crippen molar-refractivity contribution in [2.75, 3.05) is 11.9 Å². The number of nitrogens with one attached hydrogen (secondary N) is 1. The number of hydrogen-bond acceptors (Lipinski definition) is 7. The first kappa shape index (κ1) is 20.1. The van der Waals surface area contributed by atoms with Gasteiger partial charge in [-0.25, -0.2) is 19.9 Å². The van der Waals surface area contributed by atoms with E-state index in [1.165, 1.54) is 5.52 Å². The smallest absolute Gasteiger partial charge is 0.188 e. The van der Waals surface area contributed by atoms with Gasteiger partial charge in [0, 0.05) is 29.4 Å². The SMILES string of the molecule is Cc1cc(Nc2nccs2)nc(C2CCCN2Cc2nc3ccccc3n2C(C)C)n1. The van der Waals surface area contributed by atoms with E-state index >= 15 is 0 Å². The molecule has 31 heavy (non-hydrogen) atoms. The van der Waals surface area contributed by atoms with Crippen LogP contribution in [0.15, 0.2) is 41.9 Å². The van der Waals surface area contributed by atoms with E-state index < -0.39 is 0 Å². The van der Waals surface area contributed by atoms with Crippen molar-refractivity contribution in [3.8, 4) is 0 Å². The lowest BCUT2D eigenvalue weighted by atomic mass is 10.2. The van der Waals surface area contributed by atoms with Crippen LogP contribution in [0.25, 0.3) is 11.0 Å². The number of aryl methyl sites for hydroxylation is 1. The summed E-state index contributed by atoms with van der Waals surface area (Å²) in [6.45, 7) is 8.29. The summed E-state index contributed by atoms with van der Waals surface area (Å²) < 4.78 is 2.36. The minimum Gasteiger partial charge on any atom is -0.324 e. The van der Waals surface area contributed by atoms with Crippen LogP contribution in [0.1, 0.15) is 56.1 Å². The van der Waals surface area contributed by atoms with Gasteiger partial charge < -0.3 is 9.88 Å². The predicted molar refractivity (Wildman–Crippen MR) is 125 cm³/mol. The number of nitrogens with zero attached hydrogens (tertiary/aromatic N) is 6. The molecule has 8 heteroatoms. The molecule has 1 atom stereocenters. The average Bonchev–Trinajstić information content (AvgIpc) is 3.47. The Balaban J connectivity index is 1.44. The molecule has 4 aromatic rings. The van der Waals surface area contributed by atoms with Gasteiger partial charge in [0.15, 0.2) is 5.13 Å².